The molecule has 0 fully saturated rings. The van der Waals surface area contributed by atoms with Crippen LogP contribution < -0.4 is 15.4 Å². The van der Waals surface area contributed by atoms with Gasteiger partial charge in [-0.3, -0.25) is 0 Å². The largest absolute Gasteiger partial charge is 0.495 e. The molecule has 0 aromatic heterocycles. The molecule has 0 unspecified atom stereocenters. The van der Waals surface area contributed by atoms with E-state index in [4.69, 9.17) is 10.5 Å². The third-order valence-electron chi connectivity index (χ3n) is 3.18. The van der Waals surface area contributed by atoms with Crippen molar-refractivity contribution in [1.29, 1.82) is 0 Å². The van der Waals surface area contributed by atoms with Gasteiger partial charge in [-0.1, -0.05) is 12.1 Å². The molecule has 0 amide bonds. The van der Waals surface area contributed by atoms with E-state index in [1.54, 1.807) is 36.2 Å². The Bertz CT molecular complexity index is 641. The third kappa shape index (κ3) is 3.04. The lowest BCUT2D eigenvalue weighted by Crippen LogP contribution is -2.14. The van der Waals surface area contributed by atoms with Crippen LogP contribution in [-0.2, 0) is 6.18 Å². The van der Waals surface area contributed by atoms with Gasteiger partial charge in [0.15, 0.2) is 0 Å². The molecule has 3 nitrogen and oxygen atoms in total. The maximum absolute atomic E-state index is 12.9. The van der Waals surface area contributed by atoms with Crippen molar-refractivity contribution >= 4 is 17.1 Å². The Balaban J connectivity index is 2.47. The second-order valence-corrected chi connectivity index (χ2v) is 4.50. The number of nitrogen functional groups attached to an aromatic ring is 1. The number of alkyl halides is 3. The SMILES string of the molecule is COc1ccccc1N(C)c1ccc(N)c(C(F)(F)F)c1. The fourth-order valence-corrected chi connectivity index (χ4v) is 2.04. The van der Waals surface area contributed by atoms with Crippen molar-refractivity contribution < 1.29 is 17.9 Å². The molecule has 6 heteroatoms. The van der Waals surface area contributed by atoms with Crippen molar-refractivity contribution in [2.75, 3.05) is 24.8 Å². The van der Waals surface area contributed by atoms with Gasteiger partial charge in [-0.05, 0) is 30.3 Å². The number of hydrogen-bond acceptors (Lipinski definition) is 3. The molecule has 112 valence electrons. The minimum absolute atomic E-state index is 0.292. The van der Waals surface area contributed by atoms with Crippen LogP contribution in [0, 0.1) is 0 Å². The van der Waals surface area contributed by atoms with Gasteiger partial charge in [0.2, 0.25) is 0 Å². The summed E-state index contributed by atoms with van der Waals surface area (Å²) >= 11 is 0. The summed E-state index contributed by atoms with van der Waals surface area (Å²) in [6.07, 6.45) is -4.48. The molecule has 0 saturated heterocycles. The number of nitrogens with zero attached hydrogens (tertiary/aromatic N) is 1. The summed E-state index contributed by atoms with van der Waals surface area (Å²) in [7, 11) is 3.18. The Morgan fingerprint density at radius 2 is 1.76 bits per heavy atom. The van der Waals surface area contributed by atoms with Crippen LogP contribution in [0.5, 0.6) is 5.75 Å². The molecule has 2 aromatic rings. The number of methoxy groups -OCH3 is 1. The van der Waals surface area contributed by atoms with E-state index in [0.29, 0.717) is 17.1 Å². The minimum Gasteiger partial charge on any atom is -0.495 e. The average molecular weight is 296 g/mol. The van der Waals surface area contributed by atoms with Crippen LogP contribution in [0.25, 0.3) is 0 Å². The van der Waals surface area contributed by atoms with E-state index in [2.05, 4.69) is 0 Å². The van der Waals surface area contributed by atoms with Gasteiger partial charge in [0, 0.05) is 18.4 Å². The van der Waals surface area contributed by atoms with Gasteiger partial charge in [0.05, 0.1) is 18.4 Å². The zero-order chi connectivity index (χ0) is 15.6. The predicted molar refractivity (Wildman–Crippen MR) is 76.9 cm³/mol. The van der Waals surface area contributed by atoms with Crippen LogP contribution >= 0.6 is 0 Å². The Hall–Kier alpha value is -2.37. The number of rotatable bonds is 3. The van der Waals surface area contributed by atoms with Crippen LogP contribution in [0.3, 0.4) is 0 Å². The molecular weight excluding hydrogens is 281 g/mol. The first-order valence-electron chi connectivity index (χ1n) is 6.18. The summed E-state index contributed by atoms with van der Waals surface area (Å²) in [5.74, 6) is 0.574. The topological polar surface area (TPSA) is 38.5 Å². The van der Waals surface area contributed by atoms with Crippen LogP contribution in [0.15, 0.2) is 42.5 Å². The number of hydrogen-bond donors (Lipinski definition) is 1. The van der Waals surface area contributed by atoms with Crippen LogP contribution in [0.1, 0.15) is 5.56 Å². The number of benzene rings is 2. The highest BCUT2D eigenvalue weighted by Crippen LogP contribution is 2.38. The fourth-order valence-electron chi connectivity index (χ4n) is 2.04. The monoisotopic (exact) mass is 296 g/mol. The van der Waals surface area contributed by atoms with Crippen molar-refractivity contribution in [2.24, 2.45) is 0 Å². The summed E-state index contributed by atoms with van der Waals surface area (Å²) < 4.78 is 44.0. The zero-order valence-electron chi connectivity index (χ0n) is 11.6. The summed E-state index contributed by atoms with van der Waals surface area (Å²) in [6.45, 7) is 0. The van der Waals surface area contributed by atoms with E-state index in [1.165, 1.54) is 19.2 Å². The molecule has 0 saturated carbocycles. The van der Waals surface area contributed by atoms with Crippen molar-refractivity contribution in [2.45, 2.75) is 6.18 Å². The quantitative estimate of drug-likeness (QED) is 0.868. The highest BCUT2D eigenvalue weighted by Gasteiger charge is 2.33. The lowest BCUT2D eigenvalue weighted by Gasteiger charge is -2.23. The third-order valence-corrected chi connectivity index (χ3v) is 3.18. The smallest absolute Gasteiger partial charge is 0.418 e. The number of para-hydroxylation sites is 2. The first-order valence-corrected chi connectivity index (χ1v) is 6.18. The van der Waals surface area contributed by atoms with Gasteiger partial charge < -0.3 is 15.4 Å². The molecule has 2 N–H and O–H groups in total. The maximum atomic E-state index is 12.9. The molecular formula is C15H15F3N2O. The van der Waals surface area contributed by atoms with E-state index in [1.807, 2.05) is 0 Å². The second kappa shape index (κ2) is 5.55. The molecule has 2 rings (SSSR count). The average Bonchev–Trinajstić information content (AvgIpc) is 2.45. The van der Waals surface area contributed by atoms with E-state index < -0.39 is 11.7 Å². The van der Waals surface area contributed by atoms with Crippen molar-refractivity contribution in [3.8, 4) is 5.75 Å². The highest BCUT2D eigenvalue weighted by molar-refractivity contribution is 5.71. The van der Waals surface area contributed by atoms with Crippen LogP contribution in [0.2, 0.25) is 0 Å². The number of anilines is 3. The van der Waals surface area contributed by atoms with E-state index in [0.717, 1.165) is 6.07 Å². The Morgan fingerprint density at radius 1 is 1.10 bits per heavy atom. The molecule has 2 aromatic carbocycles. The number of halogens is 3. The lowest BCUT2D eigenvalue weighted by molar-refractivity contribution is -0.136. The second-order valence-electron chi connectivity index (χ2n) is 4.50. The number of nitrogens with two attached hydrogens (primary N) is 1. The lowest BCUT2D eigenvalue weighted by atomic mass is 10.1. The normalized spacial score (nSPS) is 11.3. The maximum Gasteiger partial charge on any atom is 0.418 e. The molecule has 0 atom stereocenters. The first-order chi connectivity index (χ1) is 9.84. The summed E-state index contributed by atoms with van der Waals surface area (Å²) in [5.41, 5.74) is 5.31. The minimum atomic E-state index is -4.48. The molecule has 21 heavy (non-hydrogen) atoms. The van der Waals surface area contributed by atoms with Gasteiger partial charge in [0.1, 0.15) is 5.75 Å². The van der Waals surface area contributed by atoms with Crippen LogP contribution in [0.4, 0.5) is 30.2 Å². The summed E-state index contributed by atoms with van der Waals surface area (Å²) in [6, 6.07) is 10.9. The predicted octanol–water partition coefficient (Wildman–Crippen LogP) is 4.06. The van der Waals surface area contributed by atoms with E-state index in [-0.39, 0.29) is 5.69 Å². The highest BCUT2D eigenvalue weighted by atomic mass is 19.4. The van der Waals surface area contributed by atoms with Gasteiger partial charge in [-0.15, -0.1) is 0 Å². The van der Waals surface area contributed by atoms with Gasteiger partial charge in [-0.2, -0.15) is 13.2 Å². The van der Waals surface area contributed by atoms with Crippen molar-refractivity contribution in [1.82, 2.24) is 0 Å². The zero-order valence-corrected chi connectivity index (χ0v) is 11.6. The molecule has 0 aliphatic carbocycles. The Labute approximate surface area is 120 Å². The van der Waals surface area contributed by atoms with Crippen molar-refractivity contribution in [3.05, 3.63) is 48.0 Å². The summed E-state index contributed by atoms with van der Waals surface area (Å²) in [4.78, 5) is 1.62. The van der Waals surface area contributed by atoms with E-state index in [9.17, 15) is 13.2 Å². The van der Waals surface area contributed by atoms with E-state index >= 15 is 0 Å². The van der Waals surface area contributed by atoms with Gasteiger partial charge in [-0.25, -0.2) is 0 Å². The van der Waals surface area contributed by atoms with Crippen molar-refractivity contribution in [3.63, 3.8) is 0 Å². The number of ether oxygens (including phenoxy) is 1. The molecule has 0 bridgehead atoms. The van der Waals surface area contributed by atoms with Crippen LogP contribution in [-0.4, -0.2) is 14.2 Å². The molecule has 0 radical (unpaired) electrons. The molecule has 0 aliphatic rings. The first kappa shape index (κ1) is 15.0. The summed E-state index contributed by atoms with van der Waals surface area (Å²) in [5, 5.41) is 0. The molecule has 0 spiro atoms. The Kier molecular flexibility index (Phi) is 3.97. The Morgan fingerprint density at radius 3 is 2.38 bits per heavy atom. The molecule has 0 aliphatic heterocycles. The van der Waals surface area contributed by atoms with Gasteiger partial charge in [0.25, 0.3) is 0 Å². The van der Waals surface area contributed by atoms with Gasteiger partial charge >= 0.3 is 6.18 Å². The molecule has 0 heterocycles. The standard InChI is InChI=1S/C15H15F3N2O/c1-20(13-5-3-4-6-14(13)21-2)10-7-8-12(19)11(9-10)15(16,17)18/h3-9H,19H2,1-2H3. The fraction of sp³-hybridized carbons (Fsp3) is 0.200.